The highest BCUT2D eigenvalue weighted by atomic mass is 79.9. The van der Waals surface area contributed by atoms with E-state index in [4.69, 9.17) is 5.73 Å². The average Bonchev–Trinajstić information content (AvgIpc) is 2.84. The minimum atomic E-state index is 0.474. The Morgan fingerprint density at radius 3 is 2.80 bits per heavy atom. The Morgan fingerprint density at radius 2 is 2.05 bits per heavy atom. The zero-order valence-corrected chi connectivity index (χ0v) is 12.5. The van der Waals surface area contributed by atoms with Crippen molar-refractivity contribution in [2.24, 2.45) is 0 Å². The quantitative estimate of drug-likeness (QED) is 0.752. The van der Waals surface area contributed by atoms with E-state index in [0.29, 0.717) is 5.82 Å². The van der Waals surface area contributed by atoms with Gasteiger partial charge in [0.05, 0.1) is 11.3 Å². The van der Waals surface area contributed by atoms with Gasteiger partial charge in [-0.3, -0.25) is 10.1 Å². The van der Waals surface area contributed by atoms with Crippen LogP contribution in [0.2, 0.25) is 0 Å². The number of hydrogen-bond donors (Lipinski definition) is 2. The van der Waals surface area contributed by atoms with E-state index in [1.165, 1.54) is 0 Å². The molecule has 3 aromatic rings. The minimum Gasteiger partial charge on any atom is -0.382 e. The lowest BCUT2D eigenvalue weighted by molar-refractivity contribution is 1.10. The maximum Gasteiger partial charge on any atom is 0.153 e. The first kappa shape index (κ1) is 12.9. The van der Waals surface area contributed by atoms with Crippen molar-refractivity contribution in [3.05, 3.63) is 52.8 Å². The van der Waals surface area contributed by atoms with Crippen molar-refractivity contribution in [1.29, 1.82) is 0 Å². The molecule has 0 saturated carbocycles. The summed E-state index contributed by atoms with van der Waals surface area (Å²) in [4.78, 5) is 4.15. The predicted octanol–water partition coefficient (Wildman–Crippen LogP) is 3.79. The number of aromatic nitrogens is 3. The predicted molar refractivity (Wildman–Crippen MR) is 84.1 cm³/mol. The van der Waals surface area contributed by atoms with Crippen molar-refractivity contribution >= 4 is 21.7 Å². The summed E-state index contributed by atoms with van der Waals surface area (Å²) in [5, 5.41) is 7.17. The van der Waals surface area contributed by atoms with Gasteiger partial charge in [-0.15, -0.1) is 0 Å². The normalized spacial score (nSPS) is 10.7. The molecule has 1 aromatic carbocycles. The van der Waals surface area contributed by atoms with Gasteiger partial charge in [0.15, 0.2) is 5.82 Å². The topological polar surface area (TPSA) is 67.6 Å². The molecule has 0 aliphatic carbocycles. The van der Waals surface area contributed by atoms with Gasteiger partial charge in [0, 0.05) is 28.0 Å². The lowest BCUT2D eigenvalue weighted by Gasteiger charge is -2.08. The van der Waals surface area contributed by atoms with E-state index >= 15 is 0 Å². The minimum absolute atomic E-state index is 0.474. The number of hydrogen-bond acceptors (Lipinski definition) is 3. The molecule has 0 bridgehead atoms. The van der Waals surface area contributed by atoms with Crippen LogP contribution in [0.4, 0.5) is 5.82 Å². The van der Waals surface area contributed by atoms with Crippen LogP contribution in [0.1, 0.15) is 5.56 Å². The van der Waals surface area contributed by atoms with E-state index in [0.717, 1.165) is 32.4 Å². The average molecular weight is 329 g/mol. The van der Waals surface area contributed by atoms with Crippen molar-refractivity contribution in [2.75, 3.05) is 5.73 Å². The molecule has 0 fully saturated rings. The van der Waals surface area contributed by atoms with Crippen LogP contribution >= 0.6 is 15.9 Å². The fourth-order valence-electron chi connectivity index (χ4n) is 2.19. The summed E-state index contributed by atoms with van der Waals surface area (Å²) in [6.45, 7) is 2.05. The lowest BCUT2D eigenvalue weighted by atomic mass is 10.0. The Morgan fingerprint density at radius 1 is 1.20 bits per heavy atom. The molecular formula is C15H13BrN4. The van der Waals surface area contributed by atoms with Crippen LogP contribution in [0.15, 0.2) is 47.2 Å². The van der Waals surface area contributed by atoms with Crippen LogP contribution < -0.4 is 5.73 Å². The lowest BCUT2D eigenvalue weighted by Crippen LogP contribution is -1.90. The number of anilines is 1. The van der Waals surface area contributed by atoms with Gasteiger partial charge in [0.25, 0.3) is 0 Å². The molecule has 100 valence electrons. The van der Waals surface area contributed by atoms with Gasteiger partial charge in [-0.2, -0.15) is 5.10 Å². The van der Waals surface area contributed by atoms with E-state index in [2.05, 4.69) is 44.1 Å². The van der Waals surface area contributed by atoms with Crippen LogP contribution in [0.3, 0.4) is 0 Å². The molecule has 2 heterocycles. The van der Waals surface area contributed by atoms with Crippen LogP contribution in [0, 0.1) is 6.92 Å². The summed E-state index contributed by atoms with van der Waals surface area (Å²) in [5.41, 5.74) is 10.9. The summed E-state index contributed by atoms with van der Waals surface area (Å²) in [6.07, 6.45) is 3.52. The van der Waals surface area contributed by atoms with E-state index in [1.807, 2.05) is 24.3 Å². The fourth-order valence-corrected chi connectivity index (χ4v) is 2.66. The zero-order chi connectivity index (χ0) is 14.1. The van der Waals surface area contributed by atoms with Crippen LogP contribution in [0.25, 0.3) is 22.4 Å². The highest BCUT2D eigenvalue weighted by Crippen LogP contribution is 2.38. The maximum atomic E-state index is 6.01. The Kier molecular flexibility index (Phi) is 3.28. The second kappa shape index (κ2) is 5.09. The van der Waals surface area contributed by atoms with Crippen LogP contribution in [0.5, 0.6) is 0 Å². The molecule has 5 heteroatoms. The summed E-state index contributed by atoms with van der Waals surface area (Å²) in [7, 11) is 0. The second-order valence-electron chi connectivity index (χ2n) is 4.54. The van der Waals surface area contributed by atoms with Crippen molar-refractivity contribution in [2.45, 2.75) is 6.92 Å². The molecule has 0 unspecified atom stereocenters. The Labute approximate surface area is 125 Å². The third kappa shape index (κ3) is 2.10. The standard InChI is InChI=1S/C15H13BrN4/c1-9-4-2-6-11(13(9)16)14-12(15(17)20-19-14)10-5-3-7-18-8-10/h2-8H,1H3,(H3,17,19,20). The first-order chi connectivity index (χ1) is 9.68. The largest absolute Gasteiger partial charge is 0.382 e. The number of rotatable bonds is 2. The SMILES string of the molecule is Cc1cccc(-c2[nH]nc(N)c2-c2cccnc2)c1Br. The molecule has 20 heavy (non-hydrogen) atoms. The monoisotopic (exact) mass is 328 g/mol. The van der Waals surface area contributed by atoms with E-state index in [-0.39, 0.29) is 0 Å². The highest BCUT2D eigenvalue weighted by Gasteiger charge is 2.17. The second-order valence-corrected chi connectivity index (χ2v) is 5.33. The molecule has 0 spiro atoms. The number of aromatic amines is 1. The zero-order valence-electron chi connectivity index (χ0n) is 10.9. The number of halogens is 1. The Balaban J connectivity index is 2.24. The molecule has 0 saturated heterocycles. The summed E-state index contributed by atoms with van der Waals surface area (Å²) in [6, 6.07) is 9.96. The molecule has 0 radical (unpaired) electrons. The summed E-state index contributed by atoms with van der Waals surface area (Å²) >= 11 is 3.63. The first-order valence-electron chi connectivity index (χ1n) is 6.18. The van der Waals surface area contributed by atoms with Crippen LogP contribution in [-0.4, -0.2) is 15.2 Å². The summed E-state index contributed by atoms with van der Waals surface area (Å²) in [5.74, 6) is 0.474. The number of nitrogens with two attached hydrogens (primary N) is 1. The van der Waals surface area contributed by atoms with Crippen LogP contribution in [-0.2, 0) is 0 Å². The molecule has 0 amide bonds. The molecular weight excluding hydrogens is 316 g/mol. The first-order valence-corrected chi connectivity index (χ1v) is 6.97. The third-order valence-electron chi connectivity index (χ3n) is 3.21. The molecule has 3 N–H and O–H groups in total. The van der Waals surface area contributed by atoms with Crippen molar-refractivity contribution in [3.63, 3.8) is 0 Å². The van der Waals surface area contributed by atoms with Gasteiger partial charge in [0.2, 0.25) is 0 Å². The van der Waals surface area contributed by atoms with Crippen molar-refractivity contribution in [1.82, 2.24) is 15.2 Å². The van der Waals surface area contributed by atoms with Gasteiger partial charge in [-0.25, -0.2) is 0 Å². The van der Waals surface area contributed by atoms with Crippen molar-refractivity contribution in [3.8, 4) is 22.4 Å². The number of H-pyrrole nitrogens is 1. The maximum absolute atomic E-state index is 6.01. The fraction of sp³-hybridized carbons (Fsp3) is 0.0667. The highest BCUT2D eigenvalue weighted by molar-refractivity contribution is 9.10. The van der Waals surface area contributed by atoms with Gasteiger partial charge in [0.1, 0.15) is 0 Å². The number of pyridine rings is 1. The van der Waals surface area contributed by atoms with Gasteiger partial charge < -0.3 is 5.73 Å². The molecule has 4 nitrogen and oxygen atoms in total. The van der Waals surface area contributed by atoms with Gasteiger partial charge >= 0.3 is 0 Å². The Bertz CT molecular complexity index is 750. The molecule has 3 rings (SSSR count). The number of nitrogens with one attached hydrogen (secondary N) is 1. The van der Waals surface area contributed by atoms with Crippen molar-refractivity contribution < 1.29 is 0 Å². The molecule has 0 aliphatic heterocycles. The molecule has 0 aliphatic rings. The summed E-state index contributed by atoms with van der Waals surface area (Å²) < 4.78 is 1.04. The Hall–Kier alpha value is -2.14. The van der Waals surface area contributed by atoms with E-state index < -0.39 is 0 Å². The van der Waals surface area contributed by atoms with Gasteiger partial charge in [-0.1, -0.05) is 24.3 Å². The molecule has 2 aromatic heterocycles. The molecule has 0 atom stereocenters. The third-order valence-corrected chi connectivity index (χ3v) is 4.26. The van der Waals surface area contributed by atoms with E-state index in [1.54, 1.807) is 12.4 Å². The number of nitrogen functional groups attached to an aromatic ring is 1. The number of benzene rings is 1. The number of aryl methyl sites for hydroxylation is 1. The van der Waals surface area contributed by atoms with E-state index in [9.17, 15) is 0 Å². The van der Waals surface area contributed by atoms with Gasteiger partial charge in [-0.05, 0) is 34.5 Å². The smallest absolute Gasteiger partial charge is 0.153 e. The number of nitrogens with zero attached hydrogens (tertiary/aromatic N) is 2.